The highest BCUT2D eigenvalue weighted by Crippen LogP contribution is 2.38. The predicted octanol–water partition coefficient (Wildman–Crippen LogP) is 3.60. The molecule has 1 rings (SSSR count). The lowest BCUT2D eigenvalue weighted by atomic mass is 10.2. The standard InChI is InChI=1S/C7H2ClF5N2O2/c8-5-2(7(11,12)13)1-3(15(16)17)4(14-5)6(9)10/h1,6H. The molecule has 0 aliphatic rings. The molecule has 0 aliphatic carbocycles. The maximum absolute atomic E-state index is 12.3. The number of aromatic nitrogens is 1. The first-order chi connectivity index (χ1) is 7.64. The van der Waals surface area contributed by atoms with Gasteiger partial charge in [-0.2, -0.15) is 13.2 Å². The van der Waals surface area contributed by atoms with Crippen molar-refractivity contribution in [1.29, 1.82) is 0 Å². The fourth-order valence-corrected chi connectivity index (χ4v) is 1.25. The Kier molecular flexibility index (Phi) is 3.51. The van der Waals surface area contributed by atoms with Crippen molar-refractivity contribution >= 4 is 17.3 Å². The van der Waals surface area contributed by atoms with Gasteiger partial charge < -0.3 is 0 Å². The molecule has 17 heavy (non-hydrogen) atoms. The SMILES string of the molecule is O=[N+]([O-])c1cc(C(F)(F)F)c(Cl)nc1C(F)F. The lowest BCUT2D eigenvalue weighted by Crippen LogP contribution is -2.10. The third-order valence-corrected chi connectivity index (χ3v) is 1.98. The summed E-state index contributed by atoms with van der Waals surface area (Å²) < 4.78 is 61.4. The van der Waals surface area contributed by atoms with Crippen molar-refractivity contribution in [3.05, 3.63) is 32.6 Å². The fraction of sp³-hybridized carbons (Fsp3) is 0.286. The first-order valence-corrected chi connectivity index (χ1v) is 4.22. The number of halogens is 6. The van der Waals surface area contributed by atoms with Crippen molar-refractivity contribution in [1.82, 2.24) is 4.98 Å². The molecule has 0 unspecified atom stereocenters. The van der Waals surface area contributed by atoms with E-state index in [1.54, 1.807) is 0 Å². The highest BCUT2D eigenvalue weighted by molar-refractivity contribution is 6.30. The predicted molar refractivity (Wildman–Crippen MR) is 45.9 cm³/mol. The third kappa shape index (κ3) is 2.78. The van der Waals surface area contributed by atoms with Crippen LogP contribution in [0.2, 0.25) is 5.15 Å². The van der Waals surface area contributed by atoms with Gasteiger partial charge in [0.25, 0.3) is 12.1 Å². The number of pyridine rings is 1. The minimum atomic E-state index is -5.00. The summed E-state index contributed by atoms with van der Waals surface area (Å²) in [5.41, 5.74) is -4.44. The minimum absolute atomic E-state index is 0.0587. The van der Waals surface area contributed by atoms with Crippen LogP contribution in [0.1, 0.15) is 17.7 Å². The zero-order chi connectivity index (χ0) is 13.4. The molecule has 10 heteroatoms. The Morgan fingerprint density at radius 1 is 1.41 bits per heavy atom. The topological polar surface area (TPSA) is 56.0 Å². The van der Waals surface area contributed by atoms with Gasteiger partial charge in [0, 0.05) is 6.07 Å². The summed E-state index contributed by atoms with van der Waals surface area (Å²) in [5.74, 6) is 0. The van der Waals surface area contributed by atoms with Gasteiger partial charge in [0.05, 0.1) is 10.5 Å². The van der Waals surface area contributed by atoms with E-state index in [-0.39, 0.29) is 6.07 Å². The van der Waals surface area contributed by atoms with Crippen molar-refractivity contribution in [2.24, 2.45) is 0 Å². The van der Waals surface area contributed by atoms with Crippen LogP contribution in [0.5, 0.6) is 0 Å². The zero-order valence-corrected chi connectivity index (χ0v) is 8.39. The van der Waals surface area contributed by atoms with Crippen LogP contribution in [0.3, 0.4) is 0 Å². The Hall–Kier alpha value is -1.51. The van der Waals surface area contributed by atoms with Crippen molar-refractivity contribution in [2.75, 3.05) is 0 Å². The molecule has 0 aromatic carbocycles. The smallest absolute Gasteiger partial charge is 0.258 e. The van der Waals surface area contributed by atoms with Crippen molar-refractivity contribution < 1.29 is 26.9 Å². The van der Waals surface area contributed by atoms with Crippen LogP contribution < -0.4 is 0 Å². The largest absolute Gasteiger partial charge is 0.419 e. The Morgan fingerprint density at radius 2 is 1.94 bits per heavy atom. The number of nitrogens with zero attached hydrogens (tertiary/aromatic N) is 2. The summed E-state index contributed by atoms with van der Waals surface area (Å²) in [6, 6.07) is -0.0587. The summed E-state index contributed by atoms with van der Waals surface area (Å²) in [7, 11) is 0. The first-order valence-electron chi connectivity index (χ1n) is 3.84. The van der Waals surface area contributed by atoms with E-state index in [4.69, 9.17) is 11.6 Å². The lowest BCUT2D eigenvalue weighted by molar-refractivity contribution is -0.386. The average molecular weight is 277 g/mol. The molecule has 0 amide bonds. The van der Waals surface area contributed by atoms with E-state index in [1.807, 2.05) is 0 Å². The molecule has 0 N–H and O–H groups in total. The minimum Gasteiger partial charge on any atom is -0.258 e. The maximum atomic E-state index is 12.3. The Balaban J connectivity index is 3.51. The molecule has 0 saturated carbocycles. The summed E-state index contributed by atoms with van der Waals surface area (Å²) in [6.07, 6.45) is -8.40. The highest BCUT2D eigenvalue weighted by Gasteiger charge is 2.38. The van der Waals surface area contributed by atoms with E-state index in [1.165, 1.54) is 0 Å². The van der Waals surface area contributed by atoms with Crippen LogP contribution >= 0.6 is 11.6 Å². The number of hydrogen-bond donors (Lipinski definition) is 0. The molecule has 1 heterocycles. The Morgan fingerprint density at radius 3 is 2.29 bits per heavy atom. The Bertz CT molecular complexity index is 462. The van der Waals surface area contributed by atoms with Gasteiger partial charge in [0.15, 0.2) is 5.69 Å². The second kappa shape index (κ2) is 4.40. The lowest BCUT2D eigenvalue weighted by Gasteiger charge is -2.09. The van der Waals surface area contributed by atoms with Gasteiger partial charge in [-0.25, -0.2) is 13.8 Å². The summed E-state index contributed by atoms with van der Waals surface area (Å²) in [5, 5.41) is 9.09. The molecule has 1 aromatic rings. The van der Waals surface area contributed by atoms with E-state index in [0.29, 0.717) is 0 Å². The molecule has 0 radical (unpaired) electrons. The summed E-state index contributed by atoms with van der Waals surface area (Å²) in [4.78, 5) is 11.7. The van der Waals surface area contributed by atoms with Gasteiger partial charge in [0.2, 0.25) is 0 Å². The van der Waals surface area contributed by atoms with E-state index in [9.17, 15) is 32.1 Å². The Labute approximate surface area is 95.2 Å². The molecule has 4 nitrogen and oxygen atoms in total. The first kappa shape index (κ1) is 13.6. The molecule has 0 saturated heterocycles. The van der Waals surface area contributed by atoms with Crippen LogP contribution in [0.25, 0.3) is 0 Å². The van der Waals surface area contributed by atoms with E-state index in [0.717, 1.165) is 0 Å². The quantitative estimate of drug-likeness (QED) is 0.359. The van der Waals surface area contributed by atoms with Gasteiger partial charge in [0.1, 0.15) is 5.15 Å². The second-order valence-electron chi connectivity index (χ2n) is 2.79. The molecule has 94 valence electrons. The summed E-state index contributed by atoms with van der Waals surface area (Å²) >= 11 is 5.05. The molecule has 0 bridgehead atoms. The van der Waals surface area contributed by atoms with E-state index < -0.39 is 39.6 Å². The average Bonchev–Trinajstić information content (AvgIpc) is 2.14. The van der Waals surface area contributed by atoms with Gasteiger partial charge in [-0.15, -0.1) is 0 Å². The van der Waals surface area contributed by atoms with Crippen LogP contribution in [0, 0.1) is 10.1 Å². The van der Waals surface area contributed by atoms with Gasteiger partial charge in [-0.3, -0.25) is 10.1 Å². The van der Waals surface area contributed by atoms with Crippen LogP contribution in [0.4, 0.5) is 27.6 Å². The zero-order valence-electron chi connectivity index (χ0n) is 7.63. The van der Waals surface area contributed by atoms with Crippen LogP contribution in [0.15, 0.2) is 6.07 Å². The van der Waals surface area contributed by atoms with Crippen molar-refractivity contribution in [3.8, 4) is 0 Å². The molecule has 0 atom stereocenters. The van der Waals surface area contributed by atoms with Gasteiger partial charge in [-0.05, 0) is 0 Å². The molecule has 0 aliphatic heterocycles. The normalized spacial score (nSPS) is 11.9. The molecule has 0 spiro atoms. The molecular formula is C7H2ClF5N2O2. The number of rotatable bonds is 2. The van der Waals surface area contributed by atoms with Crippen molar-refractivity contribution in [3.63, 3.8) is 0 Å². The van der Waals surface area contributed by atoms with Crippen molar-refractivity contribution in [2.45, 2.75) is 12.6 Å². The highest BCUT2D eigenvalue weighted by atomic mass is 35.5. The van der Waals surface area contributed by atoms with Crippen LogP contribution in [-0.2, 0) is 6.18 Å². The fourth-order valence-electron chi connectivity index (χ4n) is 0.999. The third-order valence-electron chi connectivity index (χ3n) is 1.69. The number of nitro groups is 1. The second-order valence-corrected chi connectivity index (χ2v) is 3.14. The molecular weight excluding hydrogens is 275 g/mol. The van der Waals surface area contributed by atoms with Crippen LogP contribution in [-0.4, -0.2) is 9.91 Å². The van der Waals surface area contributed by atoms with Gasteiger partial charge in [-0.1, -0.05) is 11.6 Å². The van der Waals surface area contributed by atoms with E-state index in [2.05, 4.69) is 4.98 Å². The molecule has 0 fully saturated rings. The van der Waals surface area contributed by atoms with Gasteiger partial charge >= 0.3 is 6.18 Å². The number of hydrogen-bond acceptors (Lipinski definition) is 3. The summed E-state index contributed by atoms with van der Waals surface area (Å²) in [6.45, 7) is 0. The van der Waals surface area contributed by atoms with E-state index >= 15 is 0 Å². The maximum Gasteiger partial charge on any atom is 0.419 e. The monoisotopic (exact) mass is 276 g/mol. The number of alkyl halides is 5. The molecule has 1 aromatic heterocycles.